The predicted molar refractivity (Wildman–Crippen MR) is 208 cm³/mol. The Morgan fingerprint density at radius 2 is 0.896 bits per heavy atom. The molecule has 0 aromatic rings. The molecule has 6 fully saturated rings. The van der Waals surface area contributed by atoms with Crippen LogP contribution in [0, 0.1) is 5.92 Å². The van der Waals surface area contributed by atoms with Gasteiger partial charge in [0.05, 0.1) is 37.6 Å². The molecule has 5 saturated heterocycles. The van der Waals surface area contributed by atoms with Crippen molar-refractivity contribution >= 4 is 5.97 Å². The van der Waals surface area contributed by atoms with Crippen molar-refractivity contribution in [2.45, 2.75) is 205 Å². The minimum absolute atomic E-state index is 0.0723. The Bertz CT molecular complexity index is 1570. The molecule has 5 heterocycles. The van der Waals surface area contributed by atoms with Crippen molar-refractivity contribution < 1.29 is 138 Å². The summed E-state index contributed by atoms with van der Waals surface area (Å²) in [5.74, 6) is -2.23. The Balaban J connectivity index is 1.22. The highest BCUT2D eigenvalue weighted by Crippen LogP contribution is 2.38. The van der Waals surface area contributed by atoms with Gasteiger partial charge in [0.2, 0.25) is 0 Å². The van der Waals surface area contributed by atoms with Crippen molar-refractivity contribution in [3.63, 3.8) is 0 Å². The molecule has 28 nitrogen and oxygen atoms in total. The van der Waals surface area contributed by atoms with Gasteiger partial charge in [0.15, 0.2) is 37.6 Å². The maximum absolute atomic E-state index is 12.8. The van der Waals surface area contributed by atoms with E-state index in [2.05, 4.69) is 0 Å². The first-order valence-electron chi connectivity index (χ1n) is 21.8. The zero-order valence-electron chi connectivity index (χ0n) is 37.0. The van der Waals surface area contributed by atoms with Crippen molar-refractivity contribution in [1.82, 2.24) is 0 Å². The lowest BCUT2D eigenvalue weighted by atomic mass is 9.81. The molecule has 0 aromatic carbocycles. The SMILES string of the molecule is COC1OC(CO)[C@H](O)[C@H](OC2OC(C(=O)O)[C@@H](O[C@H]3OC(C)C(O)[C@H](O)C3OC3OC(CO)[C@H](O)[C@H](O[C@H]4CC(C)C(OC)[C@H](O)C4O)C3O)[C@H](O)C2O)C1O[C@H]1OC(C)C(O)[C@H](O)C1O. The molecule has 67 heavy (non-hydrogen) atoms. The lowest BCUT2D eigenvalue weighted by molar-refractivity contribution is -0.400. The van der Waals surface area contributed by atoms with E-state index in [0.717, 1.165) is 7.11 Å². The van der Waals surface area contributed by atoms with Crippen molar-refractivity contribution in [3.05, 3.63) is 0 Å². The maximum Gasteiger partial charge on any atom is 0.335 e. The second-order valence-electron chi connectivity index (χ2n) is 17.7. The van der Waals surface area contributed by atoms with Crippen LogP contribution in [0.4, 0.5) is 0 Å². The first kappa shape index (κ1) is 54.8. The monoisotopic (exact) mass is 982 g/mol. The topological polar surface area (TPSA) is 431 Å². The van der Waals surface area contributed by atoms with Gasteiger partial charge < -0.3 is 133 Å². The first-order chi connectivity index (χ1) is 31.6. The molecule has 28 heteroatoms. The lowest BCUT2D eigenvalue weighted by Gasteiger charge is -2.50. The van der Waals surface area contributed by atoms with Crippen LogP contribution in [-0.4, -0.2) is 288 Å². The molecule has 390 valence electrons. The number of carboxylic acid groups (broad SMARTS) is 1. The highest BCUT2D eigenvalue weighted by Gasteiger charge is 2.58. The fourth-order valence-corrected chi connectivity index (χ4v) is 9.26. The summed E-state index contributed by atoms with van der Waals surface area (Å²) in [7, 11) is 2.47. The third-order valence-corrected chi connectivity index (χ3v) is 13.2. The van der Waals surface area contributed by atoms with E-state index in [0.29, 0.717) is 0 Å². The van der Waals surface area contributed by atoms with Gasteiger partial charge in [0, 0.05) is 14.2 Å². The number of carboxylic acids is 1. The average Bonchev–Trinajstić information content (AvgIpc) is 3.29. The molecule has 6 rings (SSSR count). The van der Waals surface area contributed by atoms with Gasteiger partial charge in [-0.1, -0.05) is 6.92 Å². The van der Waals surface area contributed by atoms with Gasteiger partial charge >= 0.3 is 5.97 Å². The van der Waals surface area contributed by atoms with E-state index in [9.17, 15) is 81.4 Å². The number of hydrogen-bond acceptors (Lipinski definition) is 27. The summed E-state index contributed by atoms with van der Waals surface area (Å²) in [6.07, 6.45) is -50.8. The zero-order chi connectivity index (χ0) is 49.5. The number of hydrogen-bond donors (Lipinski definition) is 15. The van der Waals surface area contributed by atoms with Crippen molar-refractivity contribution in [3.8, 4) is 0 Å². The third-order valence-electron chi connectivity index (χ3n) is 13.2. The molecule has 0 aromatic heterocycles. The summed E-state index contributed by atoms with van der Waals surface area (Å²) in [6.45, 7) is 2.59. The van der Waals surface area contributed by atoms with Gasteiger partial charge in [-0.25, -0.2) is 4.79 Å². The molecular weight excluding hydrogens is 916 g/mol. The molecular formula is C39H66O28. The summed E-state index contributed by atoms with van der Waals surface area (Å²) in [6, 6.07) is 0. The molecule has 5 aliphatic heterocycles. The zero-order valence-corrected chi connectivity index (χ0v) is 37.0. The van der Waals surface area contributed by atoms with E-state index >= 15 is 0 Å². The molecule has 0 amide bonds. The molecule has 15 N–H and O–H groups in total. The first-order valence-corrected chi connectivity index (χ1v) is 21.8. The Labute approximate surface area is 382 Å². The summed E-state index contributed by atoms with van der Waals surface area (Å²) in [5.41, 5.74) is 0. The second-order valence-corrected chi connectivity index (χ2v) is 17.7. The summed E-state index contributed by atoms with van der Waals surface area (Å²) in [5, 5.41) is 162. The Morgan fingerprint density at radius 1 is 0.433 bits per heavy atom. The molecule has 1 aliphatic carbocycles. The van der Waals surface area contributed by atoms with Gasteiger partial charge in [-0.15, -0.1) is 0 Å². The maximum atomic E-state index is 12.8. The van der Waals surface area contributed by atoms with Gasteiger partial charge in [-0.2, -0.15) is 0 Å². The quantitative estimate of drug-likeness (QED) is 0.0724. The van der Waals surface area contributed by atoms with Crippen molar-refractivity contribution in [2.75, 3.05) is 27.4 Å². The summed E-state index contributed by atoms with van der Waals surface area (Å²) < 4.78 is 68.1. The van der Waals surface area contributed by atoms with E-state index in [-0.39, 0.29) is 12.3 Å². The van der Waals surface area contributed by atoms with E-state index in [1.54, 1.807) is 6.92 Å². The summed E-state index contributed by atoms with van der Waals surface area (Å²) >= 11 is 0. The molecule has 0 radical (unpaired) electrons. The van der Waals surface area contributed by atoms with Crippen LogP contribution in [-0.2, 0) is 61.6 Å². The van der Waals surface area contributed by atoms with E-state index in [4.69, 9.17) is 56.8 Å². The van der Waals surface area contributed by atoms with Crippen LogP contribution in [0.3, 0.4) is 0 Å². The van der Waals surface area contributed by atoms with E-state index in [1.807, 2.05) is 0 Å². The number of aliphatic hydroxyl groups excluding tert-OH is 14. The Kier molecular flexibility index (Phi) is 18.7. The lowest BCUT2D eigenvalue weighted by Crippen LogP contribution is -2.68. The van der Waals surface area contributed by atoms with Gasteiger partial charge in [0.25, 0.3) is 0 Å². The molecule has 6 aliphatic rings. The van der Waals surface area contributed by atoms with Crippen molar-refractivity contribution in [1.29, 1.82) is 0 Å². The fraction of sp³-hybridized carbons (Fsp3) is 0.974. The standard InChI is InChI=1S/C39H66O28/c1-9-6-12(17(44)22(49)27(9)56-4)60-28-18(45)13(7-40)61-37(26(28)53)65-31-21(48)16(43)11(3)59-39(31)64-30-23(50)25(52)36(66-32(30)34(54)55)63-29-19(46)14(8-41)62-38(57-5)33(29)67-35-24(51)20(47)15(42)10(2)58-35/h9-33,35-53H,6-8H2,1-5H3,(H,54,55)/t9?,10?,11?,12-,13?,14?,15?,16?,17?,18-,19-,20-,21-,22+,23+,24?,25?,26?,27?,28-,29-,30-,31?,32?,33?,35+,36?,37?,38?,39+/m0/s1. The molecule has 18 unspecified atom stereocenters. The fourth-order valence-electron chi connectivity index (χ4n) is 9.26. The Morgan fingerprint density at radius 3 is 1.48 bits per heavy atom. The largest absolute Gasteiger partial charge is 0.479 e. The van der Waals surface area contributed by atoms with Crippen LogP contribution >= 0.6 is 0 Å². The van der Waals surface area contributed by atoms with Crippen LogP contribution in [0.25, 0.3) is 0 Å². The van der Waals surface area contributed by atoms with Crippen molar-refractivity contribution in [2.24, 2.45) is 5.92 Å². The number of ether oxygens (including phenoxy) is 12. The number of aliphatic carboxylic acids is 1. The molecule has 0 spiro atoms. The number of rotatable bonds is 15. The number of methoxy groups -OCH3 is 2. The van der Waals surface area contributed by atoms with Crippen LogP contribution in [0.1, 0.15) is 27.2 Å². The second kappa shape index (κ2) is 22.9. The minimum atomic E-state index is -2.31. The van der Waals surface area contributed by atoms with Gasteiger partial charge in [-0.05, 0) is 26.2 Å². The Hall–Kier alpha value is -1.57. The molecule has 1 saturated carbocycles. The smallest absolute Gasteiger partial charge is 0.335 e. The van der Waals surface area contributed by atoms with E-state index in [1.165, 1.54) is 21.0 Å². The van der Waals surface area contributed by atoms with E-state index < -0.39 is 197 Å². The number of aliphatic hydroxyl groups is 14. The summed E-state index contributed by atoms with van der Waals surface area (Å²) in [4.78, 5) is 12.8. The minimum Gasteiger partial charge on any atom is -0.479 e. The normalized spacial score (nSPS) is 53.3. The van der Waals surface area contributed by atoms with Gasteiger partial charge in [-0.3, -0.25) is 0 Å². The average molecular weight is 983 g/mol. The highest BCUT2D eigenvalue weighted by atomic mass is 16.8. The predicted octanol–water partition coefficient (Wildman–Crippen LogP) is -8.95. The number of carbonyl (C=O) groups is 1. The third kappa shape index (κ3) is 11.1. The highest BCUT2D eigenvalue weighted by molar-refractivity contribution is 5.73. The van der Waals surface area contributed by atoms with Crippen LogP contribution < -0.4 is 0 Å². The van der Waals surface area contributed by atoms with Crippen LogP contribution in [0.5, 0.6) is 0 Å². The molecule has 30 atom stereocenters. The van der Waals surface area contributed by atoms with Crippen LogP contribution in [0.2, 0.25) is 0 Å². The van der Waals surface area contributed by atoms with Crippen LogP contribution in [0.15, 0.2) is 0 Å². The molecule has 0 bridgehead atoms. The van der Waals surface area contributed by atoms with Gasteiger partial charge in [0.1, 0.15) is 116 Å².